The Hall–Kier alpha value is -2.16. The monoisotopic (exact) mass is 313 g/mol. The smallest absolute Gasteiger partial charge is 0.0314 e. The normalized spacial score (nSPS) is 13.2. The molecule has 1 aromatic carbocycles. The largest absolute Gasteiger partial charge is 0.399 e. The van der Waals surface area contributed by atoms with Crippen molar-refractivity contribution in [2.24, 2.45) is 11.8 Å². The van der Waals surface area contributed by atoms with Gasteiger partial charge in [-0.2, -0.15) is 0 Å². The van der Waals surface area contributed by atoms with Crippen molar-refractivity contribution in [3.05, 3.63) is 66.7 Å². The molecule has 0 aliphatic rings. The lowest BCUT2D eigenvalue weighted by Gasteiger charge is -2.27. The molecule has 0 aromatic heterocycles. The molecule has 3 heteroatoms. The van der Waals surface area contributed by atoms with Gasteiger partial charge in [-0.05, 0) is 55.8 Å². The first-order chi connectivity index (χ1) is 11.0. The van der Waals surface area contributed by atoms with E-state index in [1.54, 1.807) is 12.4 Å². The number of allylic oxidation sites excluding steroid dienone is 1. The second kappa shape index (κ2) is 9.78. The van der Waals surface area contributed by atoms with Crippen LogP contribution in [0.1, 0.15) is 32.8 Å². The van der Waals surface area contributed by atoms with E-state index in [4.69, 9.17) is 5.73 Å². The Labute approximate surface area is 141 Å². The molecule has 0 saturated heterocycles. The lowest BCUT2D eigenvalue weighted by molar-refractivity contribution is 0.421. The van der Waals surface area contributed by atoms with Crippen LogP contribution in [0.5, 0.6) is 0 Å². The van der Waals surface area contributed by atoms with Gasteiger partial charge in [0, 0.05) is 23.8 Å². The van der Waals surface area contributed by atoms with Gasteiger partial charge in [-0.1, -0.05) is 44.7 Å². The van der Waals surface area contributed by atoms with Crippen LogP contribution >= 0.6 is 0 Å². The number of nitrogens with two attached hydrogens (primary N) is 1. The molecule has 0 aliphatic carbocycles. The van der Waals surface area contributed by atoms with E-state index in [1.165, 1.54) is 16.8 Å². The molecule has 0 amide bonds. The summed E-state index contributed by atoms with van der Waals surface area (Å²) in [5.74, 6) is 0.942. The summed E-state index contributed by atoms with van der Waals surface area (Å²) in [5.41, 5.74) is 10.5. The van der Waals surface area contributed by atoms with Gasteiger partial charge in [-0.15, -0.1) is 0 Å². The third-order valence-corrected chi connectivity index (χ3v) is 4.12. The molecule has 23 heavy (non-hydrogen) atoms. The van der Waals surface area contributed by atoms with E-state index in [0.717, 1.165) is 25.1 Å². The van der Waals surface area contributed by atoms with Gasteiger partial charge in [0.1, 0.15) is 0 Å². The van der Waals surface area contributed by atoms with Crippen LogP contribution in [0, 0.1) is 11.8 Å². The van der Waals surface area contributed by atoms with Gasteiger partial charge in [0.25, 0.3) is 0 Å². The Kier molecular flexibility index (Phi) is 8.03. The summed E-state index contributed by atoms with van der Waals surface area (Å²) >= 11 is 0. The van der Waals surface area contributed by atoms with Gasteiger partial charge in [-0.3, -0.25) is 0 Å². The van der Waals surface area contributed by atoms with Crippen LogP contribution < -0.4 is 16.4 Å². The molecule has 0 saturated carbocycles. The third kappa shape index (κ3) is 6.23. The minimum Gasteiger partial charge on any atom is -0.399 e. The predicted octanol–water partition coefficient (Wildman–Crippen LogP) is 4.21. The van der Waals surface area contributed by atoms with E-state index < -0.39 is 0 Å². The van der Waals surface area contributed by atoms with Gasteiger partial charge in [-0.25, -0.2) is 0 Å². The maximum atomic E-state index is 5.79. The molecule has 0 aliphatic heterocycles. The Bertz CT molecular complexity index is 526. The standard InChI is InChI=1S/C20H31N3/c1-6-22-13-12-16(5)20(23-7-2)19(15(3)4)14-17-8-10-18(21)11-9-17/h6-11,15,19,22-23H,1-2,12-14,21H2,3-5H3/b20-16+. The lowest BCUT2D eigenvalue weighted by atomic mass is 9.84. The Morgan fingerprint density at radius 1 is 1.17 bits per heavy atom. The van der Waals surface area contributed by atoms with Crippen molar-refractivity contribution in [1.82, 2.24) is 10.6 Å². The third-order valence-electron chi connectivity index (χ3n) is 4.12. The van der Waals surface area contributed by atoms with Crippen molar-refractivity contribution in [3.8, 4) is 0 Å². The number of hydrogen-bond donors (Lipinski definition) is 3. The molecular weight excluding hydrogens is 282 g/mol. The molecule has 0 heterocycles. The van der Waals surface area contributed by atoms with Gasteiger partial charge >= 0.3 is 0 Å². The zero-order valence-corrected chi connectivity index (χ0v) is 14.7. The minimum absolute atomic E-state index is 0.417. The average Bonchev–Trinajstić information content (AvgIpc) is 2.52. The second-order valence-electron chi connectivity index (χ2n) is 6.25. The summed E-state index contributed by atoms with van der Waals surface area (Å²) in [6.45, 7) is 15.2. The Balaban J connectivity index is 3.00. The zero-order valence-electron chi connectivity index (χ0n) is 14.7. The van der Waals surface area contributed by atoms with Crippen LogP contribution in [0.2, 0.25) is 0 Å². The van der Waals surface area contributed by atoms with Gasteiger partial charge < -0.3 is 16.4 Å². The van der Waals surface area contributed by atoms with E-state index in [1.807, 2.05) is 12.1 Å². The van der Waals surface area contributed by atoms with Crippen molar-refractivity contribution in [3.63, 3.8) is 0 Å². The summed E-state index contributed by atoms with van der Waals surface area (Å²) in [4.78, 5) is 0. The highest BCUT2D eigenvalue weighted by Gasteiger charge is 2.20. The van der Waals surface area contributed by atoms with Gasteiger partial charge in [0.05, 0.1) is 0 Å². The maximum Gasteiger partial charge on any atom is 0.0314 e. The lowest BCUT2D eigenvalue weighted by Crippen LogP contribution is -2.24. The molecule has 1 unspecified atom stereocenters. The van der Waals surface area contributed by atoms with E-state index in [-0.39, 0.29) is 0 Å². The quantitative estimate of drug-likeness (QED) is 0.448. The fraction of sp³-hybridized carbons (Fsp3) is 0.400. The number of benzene rings is 1. The van der Waals surface area contributed by atoms with Crippen LogP contribution in [0.4, 0.5) is 5.69 Å². The summed E-state index contributed by atoms with van der Waals surface area (Å²) in [6.07, 6.45) is 5.48. The van der Waals surface area contributed by atoms with Crippen molar-refractivity contribution in [2.45, 2.75) is 33.6 Å². The van der Waals surface area contributed by atoms with Crippen LogP contribution in [-0.4, -0.2) is 6.54 Å². The van der Waals surface area contributed by atoms with Crippen molar-refractivity contribution < 1.29 is 0 Å². The molecule has 126 valence electrons. The predicted molar refractivity (Wildman–Crippen MR) is 102 cm³/mol. The minimum atomic E-state index is 0.417. The van der Waals surface area contributed by atoms with E-state index in [9.17, 15) is 0 Å². The molecule has 1 aromatic rings. The number of anilines is 1. The van der Waals surface area contributed by atoms with E-state index >= 15 is 0 Å². The summed E-state index contributed by atoms with van der Waals surface area (Å²) in [6, 6.07) is 8.17. The Morgan fingerprint density at radius 3 is 2.35 bits per heavy atom. The highest BCUT2D eigenvalue weighted by atomic mass is 14.9. The Morgan fingerprint density at radius 2 is 1.83 bits per heavy atom. The number of nitrogens with one attached hydrogen (secondary N) is 2. The summed E-state index contributed by atoms with van der Waals surface area (Å²) in [7, 11) is 0. The molecule has 4 N–H and O–H groups in total. The summed E-state index contributed by atoms with van der Waals surface area (Å²) in [5, 5.41) is 6.55. The highest BCUT2D eigenvalue weighted by Crippen LogP contribution is 2.27. The van der Waals surface area contributed by atoms with Crippen molar-refractivity contribution in [1.29, 1.82) is 0 Å². The van der Waals surface area contributed by atoms with E-state index in [0.29, 0.717) is 11.8 Å². The molecule has 0 bridgehead atoms. The molecule has 3 nitrogen and oxygen atoms in total. The van der Waals surface area contributed by atoms with Crippen LogP contribution in [-0.2, 0) is 6.42 Å². The molecule has 0 fully saturated rings. The highest BCUT2D eigenvalue weighted by molar-refractivity contribution is 5.39. The molecular formula is C20H31N3. The fourth-order valence-electron chi connectivity index (χ4n) is 2.73. The molecule has 1 atom stereocenters. The zero-order chi connectivity index (χ0) is 17.2. The number of hydrogen-bond acceptors (Lipinski definition) is 3. The first-order valence-corrected chi connectivity index (χ1v) is 8.25. The fourth-order valence-corrected chi connectivity index (χ4v) is 2.73. The van der Waals surface area contributed by atoms with E-state index in [2.05, 4.69) is 56.7 Å². The number of nitrogen functional groups attached to an aromatic ring is 1. The first kappa shape index (κ1) is 18.9. The average molecular weight is 313 g/mol. The van der Waals surface area contributed by atoms with Crippen molar-refractivity contribution >= 4 is 5.69 Å². The maximum absolute atomic E-state index is 5.79. The molecule has 1 rings (SSSR count). The van der Waals surface area contributed by atoms with Gasteiger partial charge in [0.2, 0.25) is 0 Å². The van der Waals surface area contributed by atoms with Crippen molar-refractivity contribution in [2.75, 3.05) is 12.3 Å². The second-order valence-corrected chi connectivity index (χ2v) is 6.25. The number of rotatable bonds is 10. The molecule has 0 radical (unpaired) electrons. The van der Waals surface area contributed by atoms with Gasteiger partial charge in [0.15, 0.2) is 0 Å². The first-order valence-electron chi connectivity index (χ1n) is 8.25. The molecule has 0 spiro atoms. The topological polar surface area (TPSA) is 50.1 Å². The van der Waals surface area contributed by atoms with Crippen LogP contribution in [0.3, 0.4) is 0 Å². The SMILES string of the molecule is C=CNCC/C(C)=C(/NC=C)C(Cc1ccc(N)cc1)C(C)C. The van der Waals surface area contributed by atoms with Crippen LogP contribution in [0.25, 0.3) is 0 Å². The summed E-state index contributed by atoms with van der Waals surface area (Å²) < 4.78 is 0. The van der Waals surface area contributed by atoms with Crippen LogP contribution in [0.15, 0.2) is 61.1 Å².